The summed E-state index contributed by atoms with van der Waals surface area (Å²) in [6.45, 7) is 5.16. The van der Waals surface area contributed by atoms with Gasteiger partial charge >= 0.3 is 5.97 Å². The zero-order valence-corrected chi connectivity index (χ0v) is 14.1. The average molecular weight is 339 g/mol. The third-order valence-electron chi connectivity index (χ3n) is 4.87. The number of nitrogens with zero attached hydrogens (tertiary/aromatic N) is 2. The predicted octanol–water partition coefficient (Wildman–Crippen LogP) is -0.618. The van der Waals surface area contributed by atoms with Crippen molar-refractivity contribution in [3.8, 4) is 0 Å². The number of aliphatic hydroxyl groups is 1. The third kappa shape index (κ3) is 3.59. The molecule has 0 spiro atoms. The van der Waals surface area contributed by atoms with E-state index in [4.69, 9.17) is 5.73 Å². The van der Waals surface area contributed by atoms with Gasteiger partial charge in [-0.1, -0.05) is 6.92 Å². The lowest BCUT2D eigenvalue weighted by Crippen LogP contribution is -2.57. The molecular formula is C16H25N3O5. The first-order valence-electron chi connectivity index (χ1n) is 8.22. The summed E-state index contributed by atoms with van der Waals surface area (Å²) in [6, 6.07) is 0. The van der Waals surface area contributed by atoms with E-state index in [0.29, 0.717) is 38.0 Å². The van der Waals surface area contributed by atoms with Crippen LogP contribution in [0, 0.1) is 11.8 Å². The Kier molecular flexibility index (Phi) is 5.61. The van der Waals surface area contributed by atoms with Gasteiger partial charge in [0.1, 0.15) is 5.70 Å². The van der Waals surface area contributed by atoms with Crippen LogP contribution in [0.4, 0.5) is 0 Å². The zero-order valence-electron chi connectivity index (χ0n) is 14.1. The van der Waals surface area contributed by atoms with E-state index in [1.54, 1.807) is 0 Å². The molecule has 24 heavy (non-hydrogen) atoms. The molecule has 0 saturated carbocycles. The number of carbonyl (C=O) groups is 3. The summed E-state index contributed by atoms with van der Waals surface area (Å²) in [5.41, 5.74) is 5.97. The van der Waals surface area contributed by atoms with Crippen molar-refractivity contribution in [3.63, 3.8) is 0 Å². The molecule has 0 aromatic rings. The van der Waals surface area contributed by atoms with Gasteiger partial charge in [0.15, 0.2) is 0 Å². The normalized spacial score (nSPS) is 26.8. The Morgan fingerprint density at radius 2 is 2.04 bits per heavy atom. The Labute approximate surface area is 140 Å². The van der Waals surface area contributed by atoms with Crippen molar-refractivity contribution in [2.24, 2.45) is 17.6 Å². The molecule has 1 unspecified atom stereocenters. The predicted molar refractivity (Wildman–Crippen MR) is 85.6 cm³/mol. The molecule has 2 heterocycles. The van der Waals surface area contributed by atoms with Crippen molar-refractivity contribution < 1.29 is 24.6 Å². The summed E-state index contributed by atoms with van der Waals surface area (Å²) < 4.78 is 0. The summed E-state index contributed by atoms with van der Waals surface area (Å²) in [5.74, 6) is -2.58. The lowest BCUT2D eigenvalue weighted by atomic mass is 9.91. The van der Waals surface area contributed by atoms with Gasteiger partial charge in [0.2, 0.25) is 11.8 Å². The fraction of sp³-hybridized carbons (Fsp3) is 0.688. The standard InChI is InChI=1S/C16H25N3O5/c1-3-10(6-18-5-4-11(7-18)14(17)21)13(16(23)24)19-8-12(9(2)20)15(19)22/h9,11-12,20H,3-8H2,1-2H3,(H2,17,21)(H,23,24)/b13-10+/t9-,11+,12?/m1/s1. The minimum Gasteiger partial charge on any atom is -0.477 e. The monoisotopic (exact) mass is 339 g/mol. The maximum absolute atomic E-state index is 12.1. The Balaban J connectivity index is 2.15. The molecule has 2 amide bonds. The SMILES string of the molecule is CC/C(CN1CC[C@H](C(N)=O)C1)=C(/C(=O)O)N1CC([C@@H](C)O)C1=O. The minimum atomic E-state index is -1.14. The number of hydrogen-bond donors (Lipinski definition) is 3. The number of likely N-dealkylation sites (tertiary alicyclic amines) is 2. The van der Waals surface area contributed by atoms with Crippen molar-refractivity contribution in [3.05, 3.63) is 11.3 Å². The molecule has 2 aliphatic heterocycles. The molecule has 0 radical (unpaired) electrons. The molecule has 2 fully saturated rings. The van der Waals surface area contributed by atoms with Gasteiger partial charge in [0.05, 0.1) is 17.9 Å². The van der Waals surface area contributed by atoms with Gasteiger partial charge in [-0.3, -0.25) is 14.5 Å². The van der Waals surface area contributed by atoms with Gasteiger partial charge in [-0.05, 0) is 31.9 Å². The van der Waals surface area contributed by atoms with Gasteiger partial charge < -0.3 is 20.8 Å². The molecule has 4 N–H and O–H groups in total. The van der Waals surface area contributed by atoms with Crippen molar-refractivity contribution in [1.82, 2.24) is 9.80 Å². The molecule has 8 nitrogen and oxygen atoms in total. The number of carbonyl (C=O) groups excluding carboxylic acids is 2. The number of carboxylic acids is 1. The lowest BCUT2D eigenvalue weighted by Gasteiger charge is -2.41. The smallest absolute Gasteiger partial charge is 0.352 e. The van der Waals surface area contributed by atoms with Crippen molar-refractivity contribution in [2.75, 3.05) is 26.2 Å². The van der Waals surface area contributed by atoms with Crippen molar-refractivity contribution in [2.45, 2.75) is 32.8 Å². The van der Waals surface area contributed by atoms with Gasteiger partial charge in [0, 0.05) is 19.6 Å². The fourth-order valence-electron chi connectivity index (χ4n) is 3.30. The lowest BCUT2D eigenvalue weighted by molar-refractivity contribution is -0.155. The molecule has 0 bridgehead atoms. The van der Waals surface area contributed by atoms with E-state index < -0.39 is 18.0 Å². The highest BCUT2D eigenvalue weighted by molar-refractivity contribution is 5.97. The van der Waals surface area contributed by atoms with Gasteiger partial charge in [0.25, 0.3) is 0 Å². The number of rotatable bonds is 7. The number of primary amides is 1. The fourth-order valence-corrected chi connectivity index (χ4v) is 3.30. The Morgan fingerprint density at radius 3 is 2.46 bits per heavy atom. The van der Waals surface area contributed by atoms with E-state index in [9.17, 15) is 24.6 Å². The first kappa shape index (κ1) is 18.4. The molecular weight excluding hydrogens is 314 g/mol. The topological polar surface area (TPSA) is 124 Å². The summed E-state index contributed by atoms with van der Waals surface area (Å²) in [7, 11) is 0. The summed E-state index contributed by atoms with van der Waals surface area (Å²) in [6.07, 6.45) is 0.369. The molecule has 2 rings (SSSR count). The largest absolute Gasteiger partial charge is 0.477 e. The van der Waals surface area contributed by atoms with E-state index in [1.807, 2.05) is 11.8 Å². The molecule has 2 saturated heterocycles. The average Bonchev–Trinajstić information content (AvgIpc) is 2.96. The van der Waals surface area contributed by atoms with Gasteiger partial charge in [-0.25, -0.2) is 4.79 Å². The van der Waals surface area contributed by atoms with Crippen LogP contribution in [0.5, 0.6) is 0 Å². The van der Waals surface area contributed by atoms with Crippen LogP contribution < -0.4 is 5.73 Å². The number of aliphatic carboxylic acids is 1. The number of amides is 2. The van der Waals surface area contributed by atoms with Crippen LogP contribution in [0.1, 0.15) is 26.7 Å². The molecule has 0 aliphatic carbocycles. The van der Waals surface area contributed by atoms with Crippen LogP contribution in [0.3, 0.4) is 0 Å². The van der Waals surface area contributed by atoms with Crippen LogP contribution in [-0.2, 0) is 14.4 Å². The Bertz CT molecular complexity index is 572. The molecule has 134 valence electrons. The molecule has 8 heteroatoms. The Morgan fingerprint density at radius 1 is 1.38 bits per heavy atom. The highest BCUT2D eigenvalue weighted by atomic mass is 16.4. The van der Waals surface area contributed by atoms with Crippen molar-refractivity contribution >= 4 is 17.8 Å². The highest BCUT2D eigenvalue weighted by Crippen LogP contribution is 2.29. The number of hydrogen-bond acceptors (Lipinski definition) is 5. The summed E-state index contributed by atoms with van der Waals surface area (Å²) in [4.78, 5) is 38.3. The molecule has 0 aromatic carbocycles. The number of β-lactam (4-membered cyclic amide) rings is 1. The second-order valence-electron chi connectivity index (χ2n) is 6.53. The van der Waals surface area contributed by atoms with Crippen LogP contribution in [0.25, 0.3) is 0 Å². The van der Waals surface area contributed by atoms with E-state index in [2.05, 4.69) is 0 Å². The van der Waals surface area contributed by atoms with E-state index >= 15 is 0 Å². The van der Waals surface area contributed by atoms with Crippen LogP contribution in [0.2, 0.25) is 0 Å². The number of carboxylic acid groups (broad SMARTS) is 1. The molecule has 2 aliphatic rings. The van der Waals surface area contributed by atoms with Gasteiger partial charge in [-0.2, -0.15) is 0 Å². The first-order valence-corrected chi connectivity index (χ1v) is 8.22. The second-order valence-corrected chi connectivity index (χ2v) is 6.53. The minimum absolute atomic E-state index is 0.00178. The molecule has 3 atom stereocenters. The van der Waals surface area contributed by atoms with Crippen molar-refractivity contribution in [1.29, 1.82) is 0 Å². The van der Waals surface area contributed by atoms with Gasteiger partial charge in [-0.15, -0.1) is 0 Å². The van der Waals surface area contributed by atoms with Crippen LogP contribution >= 0.6 is 0 Å². The van der Waals surface area contributed by atoms with E-state index in [0.717, 1.165) is 0 Å². The maximum atomic E-state index is 12.1. The zero-order chi connectivity index (χ0) is 18.0. The second kappa shape index (κ2) is 7.31. The third-order valence-corrected chi connectivity index (χ3v) is 4.87. The maximum Gasteiger partial charge on any atom is 0.352 e. The highest BCUT2D eigenvalue weighted by Gasteiger charge is 2.44. The van der Waals surface area contributed by atoms with E-state index in [-0.39, 0.29) is 30.0 Å². The van der Waals surface area contributed by atoms with Crippen LogP contribution in [-0.4, -0.2) is 70.1 Å². The Hall–Kier alpha value is -1.93. The first-order chi connectivity index (χ1) is 11.3. The van der Waals surface area contributed by atoms with Crippen LogP contribution in [0.15, 0.2) is 11.3 Å². The summed E-state index contributed by atoms with van der Waals surface area (Å²) >= 11 is 0. The number of aliphatic hydroxyl groups excluding tert-OH is 1. The van der Waals surface area contributed by atoms with E-state index in [1.165, 1.54) is 11.8 Å². The number of nitrogens with two attached hydrogens (primary N) is 1. The summed E-state index contributed by atoms with van der Waals surface area (Å²) in [5, 5.41) is 19.1. The molecule has 0 aromatic heterocycles. The quantitative estimate of drug-likeness (QED) is 0.419.